The number of thioether (sulfide) groups is 1. The number of likely N-dealkylation sites (N-methyl/N-ethyl adjacent to an activating group) is 1. The van der Waals surface area contributed by atoms with E-state index in [-0.39, 0.29) is 5.91 Å². The molecule has 1 aliphatic rings. The van der Waals surface area contributed by atoms with E-state index in [1.54, 1.807) is 19.2 Å². The van der Waals surface area contributed by atoms with Crippen LogP contribution in [0.4, 0.5) is 0 Å². The van der Waals surface area contributed by atoms with Crippen molar-refractivity contribution in [1.29, 1.82) is 0 Å². The van der Waals surface area contributed by atoms with Gasteiger partial charge in [-0.05, 0) is 35.9 Å². The van der Waals surface area contributed by atoms with E-state index in [1.807, 2.05) is 36.4 Å². The lowest BCUT2D eigenvalue weighted by atomic mass is 10.2. The Balaban J connectivity index is 1.74. The molecule has 1 saturated heterocycles. The van der Waals surface area contributed by atoms with Crippen LogP contribution in [0.2, 0.25) is 10.0 Å². The Labute approximate surface area is 165 Å². The van der Waals surface area contributed by atoms with Crippen molar-refractivity contribution in [2.75, 3.05) is 7.05 Å². The van der Waals surface area contributed by atoms with Gasteiger partial charge in [-0.2, -0.15) is 0 Å². The highest BCUT2D eigenvalue weighted by Gasteiger charge is 2.28. The lowest BCUT2D eigenvalue weighted by Gasteiger charge is -2.09. The fraction of sp³-hybridized carbons (Fsp3) is 0.111. The van der Waals surface area contributed by atoms with Crippen LogP contribution in [0.25, 0.3) is 6.08 Å². The number of amides is 1. The third-order valence-corrected chi connectivity index (χ3v) is 5.62. The Morgan fingerprint density at radius 3 is 2.72 bits per heavy atom. The molecule has 0 N–H and O–H groups in total. The summed E-state index contributed by atoms with van der Waals surface area (Å²) in [6.45, 7) is 0.330. The molecule has 25 heavy (non-hydrogen) atoms. The first-order valence-corrected chi connectivity index (χ1v) is 9.30. The Hall–Kier alpha value is -1.53. The van der Waals surface area contributed by atoms with E-state index >= 15 is 0 Å². The minimum atomic E-state index is -0.0886. The fourth-order valence-corrected chi connectivity index (χ4v) is 3.83. The summed E-state index contributed by atoms with van der Waals surface area (Å²) in [5.74, 6) is 0.598. The van der Waals surface area contributed by atoms with Gasteiger partial charge in [0.1, 0.15) is 16.7 Å². The van der Waals surface area contributed by atoms with Crippen molar-refractivity contribution in [2.45, 2.75) is 6.61 Å². The molecule has 0 spiro atoms. The van der Waals surface area contributed by atoms with Gasteiger partial charge in [0.15, 0.2) is 0 Å². The van der Waals surface area contributed by atoms with Crippen molar-refractivity contribution in [3.8, 4) is 5.75 Å². The van der Waals surface area contributed by atoms with Gasteiger partial charge in [0.25, 0.3) is 5.91 Å². The van der Waals surface area contributed by atoms with Crippen LogP contribution in [0.15, 0.2) is 47.4 Å². The molecule has 0 radical (unpaired) electrons. The molecule has 1 fully saturated rings. The van der Waals surface area contributed by atoms with Crippen molar-refractivity contribution in [2.24, 2.45) is 0 Å². The predicted molar refractivity (Wildman–Crippen MR) is 108 cm³/mol. The summed E-state index contributed by atoms with van der Waals surface area (Å²) in [5, 5.41) is 1.15. The van der Waals surface area contributed by atoms with Crippen molar-refractivity contribution < 1.29 is 9.53 Å². The van der Waals surface area contributed by atoms with Gasteiger partial charge in [-0.1, -0.05) is 65.4 Å². The second-order valence-corrected chi connectivity index (χ2v) is 7.86. The molecule has 0 aliphatic carbocycles. The van der Waals surface area contributed by atoms with E-state index in [1.165, 1.54) is 16.7 Å². The minimum absolute atomic E-state index is 0.0886. The number of hydrogen-bond donors (Lipinski definition) is 0. The first kappa shape index (κ1) is 18.3. The maximum Gasteiger partial charge on any atom is 0.265 e. The fourth-order valence-electron chi connectivity index (χ4n) is 2.19. The van der Waals surface area contributed by atoms with E-state index in [2.05, 4.69) is 0 Å². The first-order chi connectivity index (χ1) is 11.9. The average Bonchev–Trinajstić information content (AvgIpc) is 2.81. The summed E-state index contributed by atoms with van der Waals surface area (Å²) in [6.07, 6.45) is 1.81. The third-order valence-electron chi connectivity index (χ3n) is 3.55. The van der Waals surface area contributed by atoms with Crippen LogP contribution in [0.5, 0.6) is 5.75 Å². The van der Waals surface area contributed by atoms with E-state index in [9.17, 15) is 4.79 Å². The number of nitrogens with zero attached hydrogens (tertiary/aromatic N) is 1. The monoisotopic (exact) mass is 409 g/mol. The van der Waals surface area contributed by atoms with E-state index < -0.39 is 0 Å². The quantitative estimate of drug-likeness (QED) is 0.499. The first-order valence-electron chi connectivity index (χ1n) is 7.32. The molecular weight excluding hydrogens is 397 g/mol. The number of ether oxygens (including phenoxy) is 1. The van der Waals surface area contributed by atoms with Crippen molar-refractivity contribution in [3.05, 3.63) is 68.5 Å². The summed E-state index contributed by atoms with van der Waals surface area (Å²) in [5.41, 5.74) is 1.72. The van der Waals surface area contributed by atoms with Gasteiger partial charge < -0.3 is 4.74 Å². The van der Waals surface area contributed by atoms with Crippen LogP contribution < -0.4 is 4.74 Å². The van der Waals surface area contributed by atoms with Gasteiger partial charge in [0, 0.05) is 22.7 Å². The van der Waals surface area contributed by atoms with E-state index in [0.29, 0.717) is 31.6 Å². The van der Waals surface area contributed by atoms with Gasteiger partial charge in [0.05, 0.1) is 4.91 Å². The number of rotatable bonds is 4. The molecule has 7 heteroatoms. The van der Waals surface area contributed by atoms with Gasteiger partial charge in [0.2, 0.25) is 0 Å². The van der Waals surface area contributed by atoms with E-state index in [0.717, 1.165) is 11.1 Å². The molecule has 1 aliphatic heterocycles. The molecule has 0 aromatic heterocycles. The number of carbonyl (C=O) groups is 1. The summed E-state index contributed by atoms with van der Waals surface area (Å²) in [4.78, 5) is 14.1. The minimum Gasteiger partial charge on any atom is -0.489 e. The Morgan fingerprint density at radius 1 is 1.24 bits per heavy atom. The SMILES string of the molecule is CN1C(=O)/C(=C/c2cccc(OCc3ccc(Cl)cc3Cl)c2)SC1=S. The summed E-state index contributed by atoms with van der Waals surface area (Å²) in [7, 11) is 1.67. The Morgan fingerprint density at radius 2 is 2.04 bits per heavy atom. The van der Waals surface area contributed by atoms with Crippen molar-refractivity contribution in [1.82, 2.24) is 4.90 Å². The molecule has 3 rings (SSSR count). The van der Waals surface area contributed by atoms with Crippen molar-refractivity contribution in [3.63, 3.8) is 0 Å². The van der Waals surface area contributed by atoms with Crippen LogP contribution in [-0.4, -0.2) is 22.2 Å². The van der Waals surface area contributed by atoms with Gasteiger partial charge in [-0.25, -0.2) is 0 Å². The number of hydrogen-bond acceptors (Lipinski definition) is 4. The zero-order chi connectivity index (χ0) is 18.0. The molecule has 0 bridgehead atoms. The zero-order valence-electron chi connectivity index (χ0n) is 13.2. The van der Waals surface area contributed by atoms with Crippen LogP contribution in [0.1, 0.15) is 11.1 Å². The standard InChI is InChI=1S/C18H13Cl2NO2S2/c1-21-17(22)16(25-18(21)24)8-11-3-2-4-14(7-11)23-10-12-5-6-13(19)9-15(12)20/h2-9H,10H2,1H3/b16-8-. The van der Waals surface area contributed by atoms with Gasteiger partial charge >= 0.3 is 0 Å². The van der Waals surface area contributed by atoms with Crippen LogP contribution >= 0.6 is 47.2 Å². The molecule has 0 saturated carbocycles. The molecule has 0 atom stereocenters. The molecular formula is C18H13Cl2NO2S2. The second-order valence-electron chi connectivity index (χ2n) is 5.34. The molecule has 2 aromatic carbocycles. The maximum atomic E-state index is 12.1. The highest BCUT2D eigenvalue weighted by atomic mass is 35.5. The molecule has 0 unspecified atom stereocenters. The summed E-state index contributed by atoms with van der Waals surface area (Å²) < 4.78 is 6.36. The van der Waals surface area contributed by atoms with Crippen LogP contribution in [-0.2, 0) is 11.4 Å². The highest BCUT2D eigenvalue weighted by molar-refractivity contribution is 8.26. The zero-order valence-corrected chi connectivity index (χ0v) is 16.3. The normalized spacial score (nSPS) is 16.0. The molecule has 3 nitrogen and oxygen atoms in total. The van der Waals surface area contributed by atoms with Crippen molar-refractivity contribution >= 4 is 63.5 Å². The summed E-state index contributed by atoms with van der Waals surface area (Å²) >= 11 is 18.5. The number of halogens is 2. The molecule has 1 heterocycles. The molecule has 2 aromatic rings. The number of benzene rings is 2. The lowest BCUT2D eigenvalue weighted by molar-refractivity contribution is -0.121. The van der Waals surface area contributed by atoms with Gasteiger partial charge in [-0.15, -0.1) is 0 Å². The third kappa shape index (κ3) is 4.36. The second kappa shape index (κ2) is 7.79. The molecule has 1 amide bonds. The predicted octanol–water partition coefficient (Wildman–Crippen LogP) is 5.40. The lowest BCUT2D eigenvalue weighted by Crippen LogP contribution is -2.22. The topological polar surface area (TPSA) is 29.5 Å². The average molecular weight is 410 g/mol. The largest absolute Gasteiger partial charge is 0.489 e. The van der Waals surface area contributed by atoms with Crippen LogP contribution in [0.3, 0.4) is 0 Å². The van der Waals surface area contributed by atoms with Crippen LogP contribution in [0, 0.1) is 0 Å². The maximum absolute atomic E-state index is 12.1. The van der Waals surface area contributed by atoms with Gasteiger partial charge in [-0.3, -0.25) is 9.69 Å². The Kier molecular flexibility index (Phi) is 5.69. The molecule has 128 valence electrons. The van der Waals surface area contributed by atoms with E-state index in [4.69, 9.17) is 40.2 Å². The number of thiocarbonyl (C=S) groups is 1. The highest BCUT2D eigenvalue weighted by Crippen LogP contribution is 2.32. The number of carbonyl (C=O) groups excluding carboxylic acids is 1. The summed E-state index contributed by atoms with van der Waals surface area (Å²) in [6, 6.07) is 12.8. The Bertz CT molecular complexity index is 883. The smallest absolute Gasteiger partial charge is 0.265 e.